The molecule has 0 amide bonds. The number of ketones is 1. The Morgan fingerprint density at radius 1 is 0.973 bits per heavy atom. The van der Waals surface area contributed by atoms with Gasteiger partial charge in [-0.05, 0) is 48.6 Å². The molecule has 5 heteroatoms. The van der Waals surface area contributed by atoms with Crippen molar-refractivity contribution in [3.8, 4) is 5.75 Å². The molecule has 0 bridgehead atoms. The maximum atomic E-state index is 13.9. The Morgan fingerprint density at radius 3 is 2.24 bits per heavy atom. The van der Waals surface area contributed by atoms with Crippen LogP contribution >= 0.6 is 0 Å². The smallest absolute Gasteiger partial charge is 0.162 e. The quantitative estimate of drug-likeness (QED) is 0.378. The van der Waals surface area contributed by atoms with E-state index >= 15 is 0 Å². The van der Waals surface area contributed by atoms with E-state index in [0.29, 0.717) is 35.3 Å². The highest BCUT2D eigenvalue weighted by Crippen LogP contribution is 2.51. The molecule has 5 rings (SSSR count). The summed E-state index contributed by atoms with van der Waals surface area (Å²) in [6, 6.07) is 24.9. The molecule has 2 N–H and O–H groups in total. The molecule has 3 aromatic rings. The largest absolute Gasteiger partial charge is 0.507 e. The van der Waals surface area contributed by atoms with E-state index in [0.717, 1.165) is 22.5 Å². The molecule has 0 unspecified atom stereocenters. The highest BCUT2D eigenvalue weighted by Gasteiger charge is 2.46. The van der Waals surface area contributed by atoms with Crippen molar-refractivity contribution in [3.63, 3.8) is 0 Å². The second kappa shape index (κ2) is 9.40. The molecule has 1 heterocycles. The first-order valence-electron chi connectivity index (χ1n) is 12.5. The van der Waals surface area contributed by atoms with E-state index in [9.17, 15) is 15.3 Å². The molecular formula is C32H32N2O3. The lowest BCUT2D eigenvalue weighted by Gasteiger charge is -2.45. The molecule has 0 radical (unpaired) electrons. The fraction of sp³-hybridized carbons (Fsp3) is 0.250. The number of aliphatic hydroxyl groups excluding tert-OH is 1. The van der Waals surface area contributed by atoms with Crippen molar-refractivity contribution in [3.05, 3.63) is 112 Å². The minimum Gasteiger partial charge on any atom is -0.507 e. The van der Waals surface area contributed by atoms with Gasteiger partial charge in [-0.15, -0.1) is 0 Å². The lowest BCUT2D eigenvalue weighted by atomic mass is 9.67. The normalized spacial score (nSPS) is 20.5. The van der Waals surface area contributed by atoms with Gasteiger partial charge in [0, 0.05) is 40.4 Å². The van der Waals surface area contributed by atoms with Gasteiger partial charge in [0.15, 0.2) is 5.78 Å². The van der Waals surface area contributed by atoms with Crippen LogP contribution in [0, 0.1) is 17.7 Å². The van der Waals surface area contributed by atoms with Crippen molar-refractivity contribution in [2.24, 2.45) is 5.41 Å². The summed E-state index contributed by atoms with van der Waals surface area (Å²) in [7, 11) is 1.62. The second-order valence-corrected chi connectivity index (χ2v) is 10.7. The molecule has 3 aromatic carbocycles. The molecule has 2 aliphatic rings. The summed E-state index contributed by atoms with van der Waals surface area (Å²) in [6.45, 7) is 6.19. The summed E-state index contributed by atoms with van der Waals surface area (Å²) in [4.78, 5) is 15.8. The first-order chi connectivity index (χ1) is 17.7. The van der Waals surface area contributed by atoms with Gasteiger partial charge >= 0.3 is 0 Å². The van der Waals surface area contributed by atoms with Gasteiger partial charge in [-0.3, -0.25) is 15.1 Å². The zero-order chi connectivity index (χ0) is 26.3. The molecular weight excluding hydrogens is 460 g/mol. The number of Topliss-reactive ketones (excluding diaryl/α,β-unsaturated/α-hetero) is 1. The molecule has 0 saturated carbocycles. The zero-order valence-corrected chi connectivity index (χ0v) is 21.7. The highest BCUT2D eigenvalue weighted by molar-refractivity contribution is 6.19. The van der Waals surface area contributed by atoms with Gasteiger partial charge < -0.3 is 9.84 Å². The number of aliphatic hydroxyl groups is 1. The van der Waals surface area contributed by atoms with Crippen LogP contribution in [0.4, 0.5) is 5.69 Å². The molecule has 37 heavy (non-hydrogen) atoms. The van der Waals surface area contributed by atoms with E-state index in [1.54, 1.807) is 7.11 Å². The van der Waals surface area contributed by atoms with Crippen molar-refractivity contribution in [2.75, 3.05) is 12.0 Å². The number of hydrogen-bond donors (Lipinski definition) is 2. The molecule has 0 fully saturated rings. The number of anilines is 1. The van der Waals surface area contributed by atoms with E-state index in [1.807, 2.05) is 90.7 Å². The first kappa shape index (κ1) is 24.6. The third-order valence-corrected chi connectivity index (χ3v) is 7.27. The molecule has 1 atom stereocenters. The summed E-state index contributed by atoms with van der Waals surface area (Å²) in [5.41, 5.74) is 4.99. The maximum Gasteiger partial charge on any atom is 0.162 e. The number of nitrogens with zero attached hydrogens (tertiary/aromatic N) is 1. The average Bonchev–Trinajstić information content (AvgIpc) is 2.88. The van der Waals surface area contributed by atoms with Crippen LogP contribution in [0.1, 0.15) is 49.3 Å². The van der Waals surface area contributed by atoms with Crippen LogP contribution in [-0.4, -0.2) is 23.8 Å². The number of carbonyl (C=O) groups excluding carboxylic acids is 1. The number of ether oxygens (including phenoxy) is 1. The Morgan fingerprint density at radius 2 is 1.62 bits per heavy atom. The minimum absolute atomic E-state index is 0.0101. The lowest BCUT2D eigenvalue weighted by molar-refractivity contribution is -0.118. The zero-order valence-electron chi connectivity index (χ0n) is 21.7. The topological polar surface area (TPSA) is 73.6 Å². The number of allylic oxidation sites excluding steroid dienone is 2. The Hall–Kier alpha value is -4.12. The number of carbonyl (C=O) groups is 1. The van der Waals surface area contributed by atoms with Crippen molar-refractivity contribution in [2.45, 2.75) is 39.5 Å². The summed E-state index contributed by atoms with van der Waals surface area (Å²) in [6.07, 6.45) is 1.06. The van der Waals surface area contributed by atoms with Gasteiger partial charge in [-0.2, -0.15) is 0 Å². The number of amidine groups is 1. The third-order valence-electron chi connectivity index (χ3n) is 7.27. The Balaban J connectivity index is 1.83. The van der Waals surface area contributed by atoms with Crippen molar-refractivity contribution in [1.29, 1.82) is 5.41 Å². The van der Waals surface area contributed by atoms with E-state index < -0.39 is 5.92 Å². The van der Waals surface area contributed by atoms with Crippen LogP contribution in [0.25, 0.3) is 5.76 Å². The monoisotopic (exact) mass is 492 g/mol. The second-order valence-electron chi connectivity index (χ2n) is 10.7. The van der Waals surface area contributed by atoms with Gasteiger partial charge in [-0.1, -0.05) is 74.0 Å². The predicted octanol–water partition coefficient (Wildman–Crippen LogP) is 7.20. The maximum absolute atomic E-state index is 13.9. The number of para-hydroxylation sites is 1. The van der Waals surface area contributed by atoms with Crippen molar-refractivity contribution >= 4 is 23.1 Å². The fourth-order valence-electron chi connectivity index (χ4n) is 5.47. The van der Waals surface area contributed by atoms with Crippen LogP contribution in [0.15, 0.2) is 95.7 Å². The number of methoxy groups -OCH3 is 1. The summed E-state index contributed by atoms with van der Waals surface area (Å²) >= 11 is 0. The van der Waals surface area contributed by atoms with Crippen molar-refractivity contribution < 1.29 is 14.6 Å². The Labute approximate surface area is 218 Å². The van der Waals surface area contributed by atoms with Crippen LogP contribution in [0.5, 0.6) is 5.75 Å². The van der Waals surface area contributed by atoms with E-state index in [1.165, 1.54) is 0 Å². The number of rotatable bonds is 4. The number of hydrogen-bond acceptors (Lipinski definition) is 4. The van der Waals surface area contributed by atoms with Crippen LogP contribution < -0.4 is 9.64 Å². The van der Waals surface area contributed by atoms with Gasteiger partial charge in [-0.25, -0.2) is 0 Å². The van der Waals surface area contributed by atoms with E-state index in [-0.39, 0.29) is 22.8 Å². The van der Waals surface area contributed by atoms with E-state index in [4.69, 9.17) is 4.74 Å². The van der Waals surface area contributed by atoms with Gasteiger partial charge in [0.2, 0.25) is 0 Å². The Kier molecular flexibility index (Phi) is 6.24. The highest BCUT2D eigenvalue weighted by atomic mass is 16.5. The number of nitrogens with one attached hydrogen (secondary N) is 1. The van der Waals surface area contributed by atoms with E-state index in [2.05, 4.69) is 13.8 Å². The average molecular weight is 493 g/mol. The summed E-state index contributed by atoms with van der Waals surface area (Å²) in [5, 5.41) is 21.2. The summed E-state index contributed by atoms with van der Waals surface area (Å²) < 4.78 is 5.37. The molecule has 1 aliphatic heterocycles. The van der Waals surface area contributed by atoms with Crippen molar-refractivity contribution in [1.82, 2.24) is 0 Å². The SMILES string of the molecule is COc1ccc([C@@H]2C(=C(O)c3ccc(C)cc3)C(=N)N(c3ccccc3)C3=C2C(=O)CC(C)(C)C3)cc1. The molecule has 0 aromatic heterocycles. The molecule has 0 saturated heterocycles. The molecule has 0 spiro atoms. The molecule has 188 valence electrons. The third kappa shape index (κ3) is 4.46. The minimum atomic E-state index is -0.571. The number of aryl methyl sites for hydroxylation is 1. The van der Waals surface area contributed by atoms with Crippen LogP contribution in [0.2, 0.25) is 0 Å². The van der Waals surface area contributed by atoms with Gasteiger partial charge in [0.05, 0.1) is 7.11 Å². The van der Waals surface area contributed by atoms with Crippen LogP contribution in [0.3, 0.4) is 0 Å². The predicted molar refractivity (Wildman–Crippen MR) is 148 cm³/mol. The fourth-order valence-corrected chi connectivity index (χ4v) is 5.47. The molecule has 1 aliphatic carbocycles. The lowest BCUT2D eigenvalue weighted by Crippen LogP contribution is -2.45. The van der Waals surface area contributed by atoms with Gasteiger partial charge in [0.25, 0.3) is 0 Å². The standard InChI is InChI=1S/C32H32N2O3/c1-20-10-12-22(13-11-20)30(36)29-27(21-14-16-24(37-4)17-15-21)28-25(18-32(2,3)19-26(28)35)34(31(29)33)23-8-6-5-7-9-23/h5-17,27,33,36H,18-19H2,1-4H3/t27-/m0/s1. The molecule has 5 nitrogen and oxygen atoms in total. The summed E-state index contributed by atoms with van der Waals surface area (Å²) in [5.74, 6) is 0.373. The van der Waals surface area contributed by atoms with Gasteiger partial charge in [0.1, 0.15) is 17.3 Å². The number of benzene rings is 3. The van der Waals surface area contributed by atoms with Crippen LogP contribution in [-0.2, 0) is 4.79 Å². The Bertz CT molecular complexity index is 1420. The first-order valence-corrected chi connectivity index (χ1v) is 12.5.